The third kappa shape index (κ3) is 2.72. The van der Waals surface area contributed by atoms with Gasteiger partial charge in [-0.3, -0.25) is 11.3 Å². The van der Waals surface area contributed by atoms with E-state index in [1.807, 2.05) is 19.1 Å². The molecule has 1 heterocycles. The molecule has 2 aromatic rings. The van der Waals surface area contributed by atoms with Crippen molar-refractivity contribution in [2.24, 2.45) is 5.84 Å². The highest BCUT2D eigenvalue weighted by molar-refractivity contribution is 5.27. The van der Waals surface area contributed by atoms with Crippen LogP contribution in [0, 0.1) is 12.7 Å². The summed E-state index contributed by atoms with van der Waals surface area (Å²) in [5.74, 6) is 5.24. The van der Waals surface area contributed by atoms with Crippen LogP contribution in [0.25, 0.3) is 0 Å². The van der Waals surface area contributed by atoms with Gasteiger partial charge in [0.1, 0.15) is 5.82 Å². The topological polar surface area (TPSA) is 51.2 Å². The van der Waals surface area contributed by atoms with Crippen molar-refractivity contribution in [1.29, 1.82) is 0 Å². The van der Waals surface area contributed by atoms with E-state index in [0.717, 1.165) is 11.1 Å². The Morgan fingerprint density at radius 1 is 1.41 bits per heavy atom. The van der Waals surface area contributed by atoms with Crippen LogP contribution in [0.2, 0.25) is 0 Å². The Kier molecular flexibility index (Phi) is 3.56. The second-order valence-electron chi connectivity index (χ2n) is 4.08. The summed E-state index contributed by atoms with van der Waals surface area (Å²) in [5.41, 5.74) is 5.08. The Labute approximate surface area is 99.4 Å². The molecule has 0 aliphatic rings. The molecule has 0 aliphatic carbocycles. The number of furan rings is 1. The third-order valence-corrected chi connectivity index (χ3v) is 2.75. The first kappa shape index (κ1) is 11.8. The number of nitrogens with two attached hydrogens (primary N) is 1. The maximum absolute atomic E-state index is 13.8. The minimum absolute atomic E-state index is 0.239. The summed E-state index contributed by atoms with van der Waals surface area (Å²) in [7, 11) is 0. The summed E-state index contributed by atoms with van der Waals surface area (Å²) >= 11 is 0. The number of aryl methyl sites for hydroxylation is 1. The Balaban J connectivity index is 2.23. The highest BCUT2D eigenvalue weighted by Gasteiger charge is 2.15. The molecule has 90 valence electrons. The standard InChI is InChI=1S/C13H15FN2O/c1-9-2-3-11(12(14)6-9)13(16-15)7-10-4-5-17-8-10/h2-6,8,13,16H,7,15H2,1H3. The maximum Gasteiger partial charge on any atom is 0.128 e. The van der Waals surface area contributed by atoms with Gasteiger partial charge < -0.3 is 4.42 Å². The van der Waals surface area contributed by atoms with E-state index in [0.29, 0.717) is 12.0 Å². The van der Waals surface area contributed by atoms with E-state index < -0.39 is 0 Å². The third-order valence-electron chi connectivity index (χ3n) is 2.75. The molecule has 0 saturated carbocycles. The zero-order valence-corrected chi connectivity index (χ0v) is 9.61. The number of rotatable bonds is 4. The molecule has 3 N–H and O–H groups in total. The molecule has 3 nitrogen and oxygen atoms in total. The Morgan fingerprint density at radius 3 is 2.82 bits per heavy atom. The average Bonchev–Trinajstić information content (AvgIpc) is 2.79. The molecule has 4 heteroatoms. The second kappa shape index (κ2) is 5.12. The zero-order valence-electron chi connectivity index (χ0n) is 9.61. The molecule has 0 aliphatic heterocycles. The van der Waals surface area contributed by atoms with E-state index in [9.17, 15) is 4.39 Å². The lowest BCUT2D eigenvalue weighted by molar-refractivity contribution is 0.505. The summed E-state index contributed by atoms with van der Waals surface area (Å²) in [5, 5.41) is 0. The van der Waals surface area contributed by atoms with E-state index in [4.69, 9.17) is 10.3 Å². The van der Waals surface area contributed by atoms with Crippen LogP contribution in [0.4, 0.5) is 4.39 Å². The number of nitrogens with one attached hydrogen (secondary N) is 1. The van der Waals surface area contributed by atoms with E-state index in [2.05, 4.69) is 5.43 Å². The van der Waals surface area contributed by atoms with Crippen molar-refractivity contribution in [2.45, 2.75) is 19.4 Å². The quantitative estimate of drug-likeness (QED) is 0.631. The second-order valence-corrected chi connectivity index (χ2v) is 4.08. The van der Waals surface area contributed by atoms with Gasteiger partial charge in [0.15, 0.2) is 0 Å². The largest absolute Gasteiger partial charge is 0.472 e. The van der Waals surface area contributed by atoms with E-state index in [1.165, 1.54) is 6.07 Å². The van der Waals surface area contributed by atoms with Gasteiger partial charge in [0.2, 0.25) is 0 Å². The Bertz CT molecular complexity index is 482. The van der Waals surface area contributed by atoms with Crippen molar-refractivity contribution in [3.8, 4) is 0 Å². The van der Waals surface area contributed by atoms with Crippen molar-refractivity contribution in [2.75, 3.05) is 0 Å². The molecule has 0 saturated heterocycles. The van der Waals surface area contributed by atoms with Crippen LogP contribution in [-0.2, 0) is 6.42 Å². The van der Waals surface area contributed by atoms with Crippen LogP contribution in [0.1, 0.15) is 22.7 Å². The Hall–Kier alpha value is -1.65. The first-order valence-corrected chi connectivity index (χ1v) is 5.44. The maximum atomic E-state index is 13.8. The van der Waals surface area contributed by atoms with Crippen molar-refractivity contribution in [1.82, 2.24) is 5.43 Å². The van der Waals surface area contributed by atoms with Crippen LogP contribution in [0.15, 0.2) is 41.2 Å². The zero-order chi connectivity index (χ0) is 12.3. The molecule has 0 radical (unpaired) electrons. The molecular weight excluding hydrogens is 219 g/mol. The number of benzene rings is 1. The lowest BCUT2D eigenvalue weighted by atomic mass is 9.99. The molecule has 2 rings (SSSR count). The van der Waals surface area contributed by atoms with E-state index >= 15 is 0 Å². The normalized spacial score (nSPS) is 12.6. The predicted octanol–water partition coefficient (Wildman–Crippen LogP) is 2.47. The summed E-state index contributed by atoms with van der Waals surface area (Å²) in [4.78, 5) is 0. The molecule has 1 unspecified atom stereocenters. The van der Waals surface area contributed by atoms with Gasteiger partial charge in [-0.05, 0) is 36.6 Å². The SMILES string of the molecule is Cc1ccc(C(Cc2ccoc2)NN)c(F)c1. The van der Waals surface area contributed by atoms with Crippen LogP contribution in [-0.4, -0.2) is 0 Å². The van der Waals surface area contributed by atoms with Crippen molar-refractivity contribution >= 4 is 0 Å². The molecule has 1 atom stereocenters. The summed E-state index contributed by atoms with van der Waals surface area (Å²) in [6, 6.07) is 6.73. The molecule has 1 aromatic heterocycles. The van der Waals surface area contributed by atoms with E-state index in [1.54, 1.807) is 18.6 Å². The number of halogens is 1. The first-order chi connectivity index (χ1) is 8.20. The lowest BCUT2D eigenvalue weighted by Gasteiger charge is -2.16. The average molecular weight is 234 g/mol. The van der Waals surface area contributed by atoms with Crippen LogP contribution in [0.3, 0.4) is 0 Å². The molecule has 17 heavy (non-hydrogen) atoms. The molecular formula is C13H15FN2O. The van der Waals surface area contributed by atoms with Gasteiger partial charge in [-0.15, -0.1) is 0 Å². The molecule has 0 bridgehead atoms. The molecule has 0 amide bonds. The molecule has 0 fully saturated rings. The van der Waals surface area contributed by atoms with Gasteiger partial charge in [0.05, 0.1) is 18.6 Å². The highest BCUT2D eigenvalue weighted by atomic mass is 19.1. The summed E-state index contributed by atoms with van der Waals surface area (Å²) in [6.07, 6.45) is 3.82. The molecule has 1 aromatic carbocycles. The number of hydrogen-bond donors (Lipinski definition) is 2. The fraction of sp³-hybridized carbons (Fsp3) is 0.231. The highest BCUT2D eigenvalue weighted by Crippen LogP contribution is 2.21. The fourth-order valence-electron chi connectivity index (χ4n) is 1.82. The summed E-state index contributed by atoms with van der Waals surface area (Å²) < 4.78 is 18.8. The fourth-order valence-corrected chi connectivity index (χ4v) is 1.82. The first-order valence-electron chi connectivity index (χ1n) is 5.44. The Morgan fingerprint density at radius 2 is 2.24 bits per heavy atom. The van der Waals surface area contributed by atoms with Gasteiger partial charge in [-0.25, -0.2) is 4.39 Å². The van der Waals surface area contributed by atoms with Crippen molar-refractivity contribution in [3.05, 3.63) is 59.3 Å². The van der Waals surface area contributed by atoms with Crippen molar-refractivity contribution < 1.29 is 8.81 Å². The van der Waals surface area contributed by atoms with Gasteiger partial charge in [0, 0.05) is 5.56 Å². The minimum Gasteiger partial charge on any atom is -0.472 e. The van der Waals surface area contributed by atoms with Gasteiger partial charge >= 0.3 is 0 Å². The van der Waals surface area contributed by atoms with Crippen LogP contribution >= 0.6 is 0 Å². The number of hydrogen-bond acceptors (Lipinski definition) is 3. The predicted molar refractivity (Wildman–Crippen MR) is 63.6 cm³/mol. The summed E-state index contributed by atoms with van der Waals surface area (Å²) in [6.45, 7) is 1.85. The minimum atomic E-state index is -0.256. The smallest absolute Gasteiger partial charge is 0.128 e. The van der Waals surface area contributed by atoms with Crippen LogP contribution in [0.5, 0.6) is 0 Å². The van der Waals surface area contributed by atoms with Gasteiger partial charge in [-0.1, -0.05) is 12.1 Å². The number of hydrazine groups is 1. The van der Waals surface area contributed by atoms with Gasteiger partial charge in [-0.2, -0.15) is 0 Å². The van der Waals surface area contributed by atoms with Gasteiger partial charge in [0.25, 0.3) is 0 Å². The monoisotopic (exact) mass is 234 g/mol. The van der Waals surface area contributed by atoms with Crippen LogP contribution < -0.4 is 11.3 Å². The van der Waals surface area contributed by atoms with E-state index in [-0.39, 0.29) is 11.9 Å². The lowest BCUT2D eigenvalue weighted by Crippen LogP contribution is -2.30. The van der Waals surface area contributed by atoms with Crippen molar-refractivity contribution in [3.63, 3.8) is 0 Å². The molecule has 0 spiro atoms.